The van der Waals surface area contributed by atoms with E-state index in [2.05, 4.69) is 42.1 Å². The van der Waals surface area contributed by atoms with E-state index in [1.807, 2.05) is 36.1 Å². The number of likely N-dealkylation sites (tertiary alicyclic amines) is 1. The molecule has 3 aromatic rings. The van der Waals surface area contributed by atoms with Crippen LogP contribution in [0.5, 0.6) is 0 Å². The Labute approximate surface area is 172 Å². The van der Waals surface area contributed by atoms with E-state index in [1.165, 1.54) is 22.0 Å². The number of hydrogen-bond acceptors (Lipinski definition) is 2. The molecule has 4 nitrogen and oxygen atoms in total. The first-order chi connectivity index (χ1) is 14.0. The third kappa shape index (κ3) is 4.08. The second-order valence-corrected chi connectivity index (χ2v) is 8.41. The van der Waals surface area contributed by atoms with Crippen molar-refractivity contribution in [2.75, 3.05) is 13.1 Å². The molecule has 0 spiro atoms. The van der Waals surface area contributed by atoms with Gasteiger partial charge in [0.2, 0.25) is 5.91 Å². The summed E-state index contributed by atoms with van der Waals surface area (Å²) in [4.78, 5) is 14.6. The van der Waals surface area contributed by atoms with Crippen molar-refractivity contribution >= 4 is 16.8 Å². The fourth-order valence-corrected chi connectivity index (χ4v) is 4.49. The average Bonchev–Trinajstić information content (AvgIpc) is 3.05. The maximum absolute atomic E-state index is 12.7. The number of hydrogen-bond donors (Lipinski definition) is 1. The first-order valence-corrected chi connectivity index (χ1v) is 10.6. The van der Waals surface area contributed by atoms with Crippen molar-refractivity contribution in [1.29, 1.82) is 0 Å². The lowest BCUT2D eigenvalue weighted by Gasteiger charge is -2.38. The number of para-hydroxylation sites is 1. The van der Waals surface area contributed by atoms with Crippen molar-refractivity contribution in [3.63, 3.8) is 0 Å². The topological polar surface area (TPSA) is 45.5 Å². The predicted molar refractivity (Wildman–Crippen MR) is 117 cm³/mol. The second-order valence-electron chi connectivity index (χ2n) is 8.41. The number of amides is 1. The summed E-state index contributed by atoms with van der Waals surface area (Å²) < 4.78 is 2.16. The lowest BCUT2D eigenvalue weighted by molar-refractivity contribution is -0.135. The van der Waals surface area contributed by atoms with Gasteiger partial charge in [-0.25, -0.2) is 0 Å². The largest absolute Gasteiger partial charge is 0.385 e. The number of piperidine rings is 1. The zero-order valence-electron chi connectivity index (χ0n) is 17.4. The summed E-state index contributed by atoms with van der Waals surface area (Å²) in [5, 5.41) is 12.3. The molecular weight excluding hydrogens is 360 g/mol. The lowest BCUT2D eigenvalue weighted by Crippen LogP contribution is -2.45. The van der Waals surface area contributed by atoms with Crippen molar-refractivity contribution in [2.24, 2.45) is 7.05 Å². The molecule has 0 radical (unpaired) electrons. The molecule has 152 valence electrons. The van der Waals surface area contributed by atoms with Gasteiger partial charge in [0.25, 0.3) is 0 Å². The van der Waals surface area contributed by atoms with Gasteiger partial charge in [0, 0.05) is 43.7 Å². The van der Waals surface area contributed by atoms with Gasteiger partial charge in [0.05, 0.1) is 5.60 Å². The molecule has 4 rings (SSSR count). The molecule has 1 aromatic heterocycles. The lowest BCUT2D eigenvalue weighted by atomic mass is 9.84. The van der Waals surface area contributed by atoms with Gasteiger partial charge in [0.15, 0.2) is 0 Å². The summed E-state index contributed by atoms with van der Waals surface area (Å²) in [5.41, 5.74) is 3.89. The van der Waals surface area contributed by atoms with E-state index in [0.717, 1.165) is 18.4 Å². The molecule has 2 aromatic carbocycles. The summed E-state index contributed by atoms with van der Waals surface area (Å²) in [5.74, 6) is 0.205. The number of aryl methyl sites for hydroxylation is 3. The zero-order valence-corrected chi connectivity index (χ0v) is 17.4. The smallest absolute Gasteiger partial charge is 0.222 e. The van der Waals surface area contributed by atoms with E-state index in [4.69, 9.17) is 0 Å². The van der Waals surface area contributed by atoms with Crippen LogP contribution in [0, 0.1) is 6.92 Å². The first-order valence-electron chi connectivity index (χ1n) is 10.6. The van der Waals surface area contributed by atoms with Gasteiger partial charge < -0.3 is 14.6 Å². The Bertz CT molecular complexity index is 995. The Morgan fingerprint density at radius 1 is 1.07 bits per heavy atom. The molecule has 1 amide bonds. The Hall–Kier alpha value is -2.59. The number of fused-ring (bicyclic) bond motifs is 1. The highest BCUT2D eigenvalue weighted by Gasteiger charge is 2.35. The van der Waals surface area contributed by atoms with E-state index in [-0.39, 0.29) is 5.91 Å². The van der Waals surface area contributed by atoms with Crippen LogP contribution in [0.4, 0.5) is 0 Å². The summed E-state index contributed by atoms with van der Waals surface area (Å²) in [7, 11) is 2.07. The molecule has 0 aliphatic carbocycles. The monoisotopic (exact) mass is 390 g/mol. The van der Waals surface area contributed by atoms with Crippen molar-refractivity contribution in [2.45, 2.75) is 44.6 Å². The van der Waals surface area contributed by atoms with Crippen LogP contribution in [0.1, 0.15) is 42.4 Å². The fraction of sp³-hybridized carbons (Fsp3) is 0.400. The third-order valence-corrected chi connectivity index (χ3v) is 6.35. The van der Waals surface area contributed by atoms with Gasteiger partial charge in [-0.1, -0.05) is 48.0 Å². The predicted octanol–water partition coefficient (Wildman–Crippen LogP) is 4.32. The molecule has 1 saturated heterocycles. The molecule has 1 fully saturated rings. The van der Waals surface area contributed by atoms with Crippen LogP contribution in [-0.4, -0.2) is 33.6 Å². The summed E-state index contributed by atoms with van der Waals surface area (Å²) in [6.07, 6.45) is 5.71. The summed E-state index contributed by atoms with van der Waals surface area (Å²) in [6.45, 7) is 3.29. The molecule has 0 bridgehead atoms. The number of benzene rings is 2. The number of carbonyl (C=O) groups excluding carboxylic acids is 1. The van der Waals surface area contributed by atoms with Crippen molar-refractivity contribution in [3.8, 4) is 0 Å². The first kappa shape index (κ1) is 19.7. The highest BCUT2D eigenvalue weighted by molar-refractivity contribution is 5.84. The minimum Gasteiger partial charge on any atom is -0.385 e. The molecule has 2 heterocycles. The van der Waals surface area contributed by atoms with Crippen LogP contribution in [-0.2, 0) is 23.9 Å². The second kappa shape index (κ2) is 8.03. The van der Waals surface area contributed by atoms with Gasteiger partial charge in [0.1, 0.15) is 0 Å². The molecule has 0 unspecified atom stereocenters. The minimum absolute atomic E-state index is 0.205. The molecule has 1 N–H and O–H groups in total. The van der Waals surface area contributed by atoms with Gasteiger partial charge in [-0.2, -0.15) is 0 Å². The molecule has 4 heteroatoms. The van der Waals surface area contributed by atoms with E-state index in [9.17, 15) is 9.90 Å². The molecule has 1 aliphatic rings. The number of rotatable bonds is 5. The van der Waals surface area contributed by atoms with Gasteiger partial charge in [-0.15, -0.1) is 0 Å². The molecule has 29 heavy (non-hydrogen) atoms. The Balaban J connectivity index is 1.30. The Kier molecular flexibility index (Phi) is 5.46. The molecule has 0 saturated carbocycles. The van der Waals surface area contributed by atoms with E-state index < -0.39 is 5.60 Å². The SMILES string of the molecule is Cc1ccc(C2(O)CCN(C(=O)CCCc3cn(C)c4ccccc34)CC2)cc1. The van der Waals surface area contributed by atoms with Gasteiger partial charge in [-0.05, 0) is 49.8 Å². The summed E-state index contributed by atoms with van der Waals surface area (Å²) >= 11 is 0. The van der Waals surface area contributed by atoms with Crippen LogP contribution < -0.4 is 0 Å². The summed E-state index contributed by atoms with van der Waals surface area (Å²) in [6, 6.07) is 16.5. The van der Waals surface area contributed by atoms with Crippen molar-refractivity contribution in [3.05, 3.63) is 71.4 Å². The fourth-order valence-electron chi connectivity index (χ4n) is 4.49. The van der Waals surface area contributed by atoms with Crippen LogP contribution >= 0.6 is 0 Å². The van der Waals surface area contributed by atoms with Crippen LogP contribution in [0.3, 0.4) is 0 Å². The Morgan fingerprint density at radius 2 is 1.76 bits per heavy atom. The van der Waals surface area contributed by atoms with Crippen LogP contribution in [0.25, 0.3) is 10.9 Å². The molecule has 0 atom stereocenters. The zero-order chi connectivity index (χ0) is 20.4. The minimum atomic E-state index is -0.812. The number of aliphatic hydroxyl groups is 1. The van der Waals surface area contributed by atoms with Crippen molar-refractivity contribution < 1.29 is 9.90 Å². The normalized spacial score (nSPS) is 16.3. The van der Waals surface area contributed by atoms with Crippen LogP contribution in [0.2, 0.25) is 0 Å². The quantitative estimate of drug-likeness (QED) is 0.705. The van der Waals surface area contributed by atoms with E-state index in [1.54, 1.807) is 0 Å². The highest BCUT2D eigenvalue weighted by Crippen LogP contribution is 2.33. The highest BCUT2D eigenvalue weighted by atomic mass is 16.3. The van der Waals surface area contributed by atoms with Gasteiger partial charge in [-0.3, -0.25) is 4.79 Å². The van der Waals surface area contributed by atoms with Crippen molar-refractivity contribution in [1.82, 2.24) is 9.47 Å². The maximum atomic E-state index is 12.7. The molecular formula is C25H30N2O2. The Morgan fingerprint density at radius 3 is 2.48 bits per heavy atom. The standard InChI is InChI=1S/C25H30N2O2/c1-19-10-12-21(13-11-19)25(29)14-16-27(17-15-25)24(28)9-5-6-20-18-26(2)23-8-4-3-7-22(20)23/h3-4,7-8,10-13,18,29H,5-6,9,14-17H2,1-2H3. The average molecular weight is 391 g/mol. The molecule has 1 aliphatic heterocycles. The number of nitrogens with zero attached hydrogens (tertiary/aromatic N) is 2. The number of aromatic nitrogens is 1. The third-order valence-electron chi connectivity index (χ3n) is 6.35. The number of carbonyl (C=O) groups is 1. The van der Waals surface area contributed by atoms with Crippen LogP contribution in [0.15, 0.2) is 54.7 Å². The maximum Gasteiger partial charge on any atom is 0.222 e. The van der Waals surface area contributed by atoms with E-state index in [0.29, 0.717) is 32.4 Å². The van der Waals surface area contributed by atoms with E-state index >= 15 is 0 Å². The van der Waals surface area contributed by atoms with Gasteiger partial charge >= 0.3 is 0 Å².